The maximum Gasteiger partial charge on any atom is 0.333 e. The number of fused-ring (bicyclic) bond motifs is 1. The molecule has 0 aliphatic carbocycles. The SMILES string of the molecule is O=c1[nH]c2ccccc2c(=O)n1-c1cc(Cl)ccc1O. The van der Waals surface area contributed by atoms with Gasteiger partial charge in [0.05, 0.1) is 16.6 Å². The third-order valence-corrected chi connectivity index (χ3v) is 3.22. The van der Waals surface area contributed by atoms with Gasteiger partial charge in [0.2, 0.25) is 0 Å². The molecule has 3 rings (SSSR count). The van der Waals surface area contributed by atoms with Crippen molar-refractivity contribution < 1.29 is 5.11 Å². The van der Waals surface area contributed by atoms with E-state index in [1.807, 2.05) is 0 Å². The quantitative estimate of drug-likeness (QED) is 0.719. The molecule has 0 aliphatic heterocycles. The highest BCUT2D eigenvalue weighted by atomic mass is 35.5. The number of nitrogens with one attached hydrogen (secondary N) is 1. The fourth-order valence-electron chi connectivity index (χ4n) is 2.06. The normalized spacial score (nSPS) is 10.8. The molecule has 1 aromatic heterocycles. The zero-order valence-corrected chi connectivity index (χ0v) is 10.9. The average molecular weight is 289 g/mol. The fourth-order valence-corrected chi connectivity index (χ4v) is 2.22. The van der Waals surface area contributed by atoms with Gasteiger partial charge in [-0.2, -0.15) is 0 Å². The summed E-state index contributed by atoms with van der Waals surface area (Å²) < 4.78 is 0.865. The summed E-state index contributed by atoms with van der Waals surface area (Å²) in [5.74, 6) is -0.197. The maximum absolute atomic E-state index is 12.4. The standard InChI is InChI=1S/C14H9ClN2O3/c15-8-5-6-12(18)11(7-8)17-13(19)9-3-1-2-4-10(9)16-14(17)20/h1-7,18H,(H,16,20). The number of aromatic amines is 1. The summed E-state index contributed by atoms with van der Waals surface area (Å²) in [7, 11) is 0. The summed E-state index contributed by atoms with van der Waals surface area (Å²) in [5, 5.41) is 10.5. The molecular formula is C14H9ClN2O3. The summed E-state index contributed by atoms with van der Waals surface area (Å²) in [6, 6.07) is 10.8. The van der Waals surface area contributed by atoms with Crippen LogP contribution in [0.15, 0.2) is 52.1 Å². The Morgan fingerprint density at radius 1 is 1.10 bits per heavy atom. The molecule has 6 heteroatoms. The number of phenolic OH excluding ortho intramolecular Hbond substituents is 1. The van der Waals surface area contributed by atoms with E-state index in [-0.39, 0.29) is 11.4 Å². The Morgan fingerprint density at radius 2 is 1.85 bits per heavy atom. The lowest BCUT2D eigenvalue weighted by atomic mass is 10.2. The third kappa shape index (κ3) is 1.88. The average Bonchev–Trinajstić information content (AvgIpc) is 2.42. The highest BCUT2D eigenvalue weighted by molar-refractivity contribution is 6.30. The second-order valence-corrected chi connectivity index (χ2v) is 4.69. The van der Waals surface area contributed by atoms with Crippen LogP contribution in [0.3, 0.4) is 0 Å². The molecule has 5 nitrogen and oxygen atoms in total. The predicted octanol–water partition coefficient (Wildman–Crippen LogP) is 2.04. The van der Waals surface area contributed by atoms with E-state index in [1.165, 1.54) is 18.2 Å². The van der Waals surface area contributed by atoms with Crippen molar-refractivity contribution in [3.05, 3.63) is 68.3 Å². The van der Waals surface area contributed by atoms with Gasteiger partial charge in [0, 0.05) is 5.02 Å². The highest BCUT2D eigenvalue weighted by Crippen LogP contribution is 2.23. The van der Waals surface area contributed by atoms with Crippen LogP contribution < -0.4 is 11.2 Å². The van der Waals surface area contributed by atoms with Crippen LogP contribution >= 0.6 is 11.6 Å². The smallest absolute Gasteiger partial charge is 0.333 e. The van der Waals surface area contributed by atoms with Crippen molar-refractivity contribution in [1.29, 1.82) is 0 Å². The molecule has 0 saturated heterocycles. The fraction of sp³-hybridized carbons (Fsp3) is 0. The molecule has 2 N–H and O–H groups in total. The molecule has 1 heterocycles. The Kier molecular flexibility index (Phi) is 2.84. The van der Waals surface area contributed by atoms with Crippen LogP contribution in [-0.4, -0.2) is 14.7 Å². The maximum atomic E-state index is 12.4. The van der Waals surface area contributed by atoms with Gasteiger partial charge < -0.3 is 10.1 Å². The first-order valence-electron chi connectivity index (χ1n) is 5.81. The molecule has 0 aliphatic rings. The van der Waals surface area contributed by atoms with Crippen LogP contribution in [-0.2, 0) is 0 Å². The van der Waals surface area contributed by atoms with Gasteiger partial charge in [0.1, 0.15) is 5.75 Å². The van der Waals surface area contributed by atoms with Gasteiger partial charge in [-0.3, -0.25) is 4.79 Å². The second-order valence-electron chi connectivity index (χ2n) is 4.25. The molecule has 0 unspecified atom stereocenters. The molecule has 0 fully saturated rings. The van der Waals surface area contributed by atoms with Gasteiger partial charge in [-0.15, -0.1) is 0 Å². The number of rotatable bonds is 1. The summed E-state index contributed by atoms with van der Waals surface area (Å²) in [6.45, 7) is 0. The van der Waals surface area contributed by atoms with Crippen molar-refractivity contribution in [1.82, 2.24) is 9.55 Å². The number of benzene rings is 2. The molecule has 0 saturated carbocycles. The van der Waals surface area contributed by atoms with Gasteiger partial charge in [-0.25, -0.2) is 9.36 Å². The first kappa shape index (κ1) is 12.5. The Hall–Kier alpha value is -2.53. The van der Waals surface area contributed by atoms with E-state index in [1.54, 1.807) is 24.3 Å². The zero-order valence-electron chi connectivity index (χ0n) is 10.1. The molecule has 0 radical (unpaired) electrons. The number of hydrogen-bond donors (Lipinski definition) is 2. The number of hydrogen-bond acceptors (Lipinski definition) is 3. The van der Waals surface area contributed by atoms with Gasteiger partial charge in [-0.1, -0.05) is 23.7 Å². The van der Waals surface area contributed by atoms with Crippen LogP contribution in [0.25, 0.3) is 16.6 Å². The van der Waals surface area contributed by atoms with Crippen LogP contribution in [0, 0.1) is 0 Å². The van der Waals surface area contributed by atoms with Crippen molar-refractivity contribution in [3.63, 3.8) is 0 Å². The van der Waals surface area contributed by atoms with Crippen LogP contribution in [0.4, 0.5) is 0 Å². The molecular weight excluding hydrogens is 280 g/mol. The Labute approximate surface area is 117 Å². The minimum atomic E-state index is -0.633. The number of H-pyrrole nitrogens is 1. The van der Waals surface area contributed by atoms with Gasteiger partial charge >= 0.3 is 5.69 Å². The van der Waals surface area contributed by atoms with E-state index in [9.17, 15) is 14.7 Å². The van der Waals surface area contributed by atoms with E-state index >= 15 is 0 Å². The third-order valence-electron chi connectivity index (χ3n) is 2.98. The molecule has 20 heavy (non-hydrogen) atoms. The van der Waals surface area contributed by atoms with Gasteiger partial charge in [0.25, 0.3) is 5.56 Å². The minimum absolute atomic E-state index is 0.0505. The van der Waals surface area contributed by atoms with E-state index in [0.717, 1.165) is 4.57 Å². The lowest BCUT2D eigenvalue weighted by molar-refractivity contribution is 0.471. The number of para-hydroxylation sites is 1. The highest BCUT2D eigenvalue weighted by Gasteiger charge is 2.12. The summed E-state index contributed by atoms with van der Waals surface area (Å²) >= 11 is 5.85. The van der Waals surface area contributed by atoms with Crippen LogP contribution in [0.5, 0.6) is 5.75 Å². The van der Waals surface area contributed by atoms with E-state index in [4.69, 9.17) is 11.6 Å². The number of nitrogens with zero attached hydrogens (tertiary/aromatic N) is 1. The topological polar surface area (TPSA) is 75.1 Å². The number of halogens is 1. The molecule has 100 valence electrons. The largest absolute Gasteiger partial charge is 0.506 e. The van der Waals surface area contributed by atoms with Crippen molar-refractivity contribution in [2.45, 2.75) is 0 Å². The van der Waals surface area contributed by atoms with Crippen molar-refractivity contribution in [2.24, 2.45) is 0 Å². The molecule has 2 aromatic carbocycles. The zero-order chi connectivity index (χ0) is 14.3. The Balaban J connectivity index is 2.46. The van der Waals surface area contributed by atoms with Gasteiger partial charge in [0.15, 0.2) is 0 Å². The number of phenols is 1. The summed E-state index contributed by atoms with van der Waals surface area (Å²) in [4.78, 5) is 27.1. The number of aromatic hydroxyl groups is 1. The molecule has 0 amide bonds. The van der Waals surface area contributed by atoms with Crippen molar-refractivity contribution >= 4 is 22.5 Å². The van der Waals surface area contributed by atoms with E-state index in [2.05, 4.69) is 4.98 Å². The molecule has 0 atom stereocenters. The summed E-state index contributed by atoms with van der Waals surface area (Å²) in [5.41, 5.74) is -0.650. The van der Waals surface area contributed by atoms with Crippen molar-refractivity contribution in [2.75, 3.05) is 0 Å². The lowest BCUT2D eigenvalue weighted by Crippen LogP contribution is -2.33. The van der Waals surface area contributed by atoms with Crippen LogP contribution in [0.1, 0.15) is 0 Å². The molecule has 0 spiro atoms. The van der Waals surface area contributed by atoms with Crippen molar-refractivity contribution in [3.8, 4) is 11.4 Å². The first-order valence-corrected chi connectivity index (χ1v) is 6.19. The van der Waals surface area contributed by atoms with E-state index in [0.29, 0.717) is 15.9 Å². The monoisotopic (exact) mass is 288 g/mol. The second kappa shape index (κ2) is 4.54. The van der Waals surface area contributed by atoms with Crippen LogP contribution in [0.2, 0.25) is 5.02 Å². The molecule has 3 aromatic rings. The first-order chi connectivity index (χ1) is 9.58. The van der Waals surface area contributed by atoms with E-state index < -0.39 is 11.2 Å². The predicted molar refractivity (Wildman–Crippen MR) is 76.8 cm³/mol. The Morgan fingerprint density at radius 3 is 2.65 bits per heavy atom. The lowest BCUT2D eigenvalue weighted by Gasteiger charge is -2.08. The summed E-state index contributed by atoms with van der Waals surface area (Å²) in [6.07, 6.45) is 0. The van der Waals surface area contributed by atoms with Gasteiger partial charge in [-0.05, 0) is 30.3 Å². The molecule has 0 bridgehead atoms. The number of aromatic nitrogens is 2. The Bertz CT molecular complexity index is 928. The minimum Gasteiger partial charge on any atom is -0.506 e.